The van der Waals surface area contributed by atoms with Crippen molar-refractivity contribution in [3.05, 3.63) is 36.0 Å². The van der Waals surface area contributed by atoms with Crippen LogP contribution in [0.2, 0.25) is 0 Å². The van der Waals surface area contributed by atoms with E-state index in [1.165, 1.54) is 0 Å². The van der Waals surface area contributed by atoms with Crippen molar-refractivity contribution in [3.63, 3.8) is 0 Å². The fourth-order valence-corrected chi connectivity index (χ4v) is 6.78. The maximum atomic E-state index is 14.3. The normalized spacial score (nSPS) is 14.8. The quantitative estimate of drug-likeness (QED) is 0.0188. The molecule has 28 heteroatoms. The number of aliphatic hydroxyl groups is 1. The highest BCUT2D eigenvalue weighted by molar-refractivity contribution is 5.98. The van der Waals surface area contributed by atoms with Crippen molar-refractivity contribution in [2.24, 2.45) is 28.1 Å². The minimum atomic E-state index is -1.83. The maximum absolute atomic E-state index is 14.3. The van der Waals surface area contributed by atoms with Crippen molar-refractivity contribution in [3.8, 4) is 0 Å². The van der Waals surface area contributed by atoms with Crippen LogP contribution in [-0.2, 0) is 59.2 Å². The first-order valence-corrected chi connectivity index (χ1v) is 22.4. The number of nitrogens with zero attached hydrogens (tertiary/aromatic N) is 1. The van der Waals surface area contributed by atoms with E-state index in [0.717, 1.165) is 6.92 Å². The van der Waals surface area contributed by atoms with Crippen LogP contribution in [0.3, 0.4) is 0 Å². The molecule has 2 rings (SSSR count). The van der Waals surface area contributed by atoms with Gasteiger partial charge in [-0.3, -0.25) is 52.9 Å². The van der Waals surface area contributed by atoms with Gasteiger partial charge in [0, 0.05) is 42.9 Å². The monoisotopic (exact) mass is 1000 g/mol. The molecule has 0 saturated carbocycles. The number of aliphatic hydroxyl groups excluding tert-OH is 1. The zero-order valence-electron chi connectivity index (χ0n) is 39.3. The molecular formula is C43H64N12O16. The van der Waals surface area contributed by atoms with Gasteiger partial charge in [0.15, 0.2) is 12.0 Å². The van der Waals surface area contributed by atoms with Crippen LogP contribution in [0.4, 0.5) is 0 Å². The van der Waals surface area contributed by atoms with Crippen LogP contribution in [0, 0.1) is 5.92 Å². The fraction of sp³-hybridized carbons (Fsp3) is 0.535. The number of amides is 7. The van der Waals surface area contributed by atoms with Gasteiger partial charge in [-0.25, -0.2) is 4.79 Å². The van der Waals surface area contributed by atoms with E-state index >= 15 is 0 Å². The van der Waals surface area contributed by atoms with E-state index in [1.807, 2.05) is 5.32 Å². The third kappa shape index (κ3) is 20.7. The van der Waals surface area contributed by atoms with Gasteiger partial charge in [0.05, 0.1) is 25.1 Å². The molecule has 1 aromatic carbocycles. The van der Waals surface area contributed by atoms with E-state index < -0.39 is 158 Å². The molecular weight excluding hydrogens is 941 g/mol. The molecule has 0 saturated heterocycles. The number of carbonyl (C=O) groups excluding carboxylic acids is 7. The first kappa shape index (κ1) is 59.2. The average molecular weight is 1010 g/mol. The number of rotatable bonds is 32. The van der Waals surface area contributed by atoms with Gasteiger partial charge in [0.2, 0.25) is 41.4 Å². The molecule has 9 atom stereocenters. The molecule has 7 amide bonds. The predicted octanol–water partition coefficient (Wildman–Crippen LogP) is -4.17. The highest BCUT2D eigenvalue weighted by Crippen LogP contribution is 2.20. The number of carbonyl (C=O) groups is 11. The molecule has 0 radical (unpaired) electrons. The molecule has 392 valence electrons. The number of benzene rings is 1. The van der Waals surface area contributed by atoms with Crippen LogP contribution in [0.25, 0.3) is 10.9 Å². The highest BCUT2D eigenvalue weighted by atomic mass is 16.4. The number of carboxylic acids is 4. The second kappa shape index (κ2) is 29.2. The van der Waals surface area contributed by atoms with Crippen LogP contribution in [0.5, 0.6) is 0 Å². The standard InChI is InChI=1S/C43H64N12O16/c1-4-20(2)34(41(69)51-26(11-13-31(58)59)37(65)49-19-30(57)50-27(12-14-32(60)61)38(66)55-35(21(3)56)42(70)71)54-40(68)28(16-22-18-48-25-10-6-5-8-23(22)25)53-39(67)29(17-33(62)63)52-36(64)24(44)9-7-15-47-43(45)46/h5-6,8,10,18,20-21,24,26-29,34-35,48,56H,4,7,9,11-17,19,44H2,1-3H3,(H,49,65)(H,50,57)(H,51,69)(H,52,64)(H,53,67)(H,54,68)(H,55,66)(H,58,59)(H,60,61)(H,62,63)(H,70,71)(H4,45,46,47). The number of carboxylic acid groups (broad SMARTS) is 4. The summed E-state index contributed by atoms with van der Waals surface area (Å²) in [6.07, 6.45) is -3.14. The second-order valence-corrected chi connectivity index (χ2v) is 16.5. The lowest BCUT2D eigenvalue weighted by Gasteiger charge is -2.29. The van der Waals surface area contributed by atoms with Crippen LogP contribution < -0.4 is 54.4 Å². The summed E-state index contributed by atoms with van der Waals surface area (Å²) < 4.78 is 0. The van der Waals surface area contributed by atoms with Crippen LogP contribution >= 0.6 is 0 Å². The maximum Gasteiger partial charge on any atom is 0.328 e. The van der Waals surface area contributed by atoms with Gasteiger partial charge in [-0.05, 0) is 50.2 Å². The summed E-state index contributed by atoms with van der Waals surface area (Å²) in [6, 6.07) is -4.26. The van der Waals surface area contributed by atoms with Crippen molar-refractivity contribution < 1.29 is 78.3 Å². The largest absolute Gasteiger partial charge is 0.481 e. The van der Waals surface area contributed by atoms with Crippen LogP contribution in [0.1, 0.15) is 77.7 Å². The SMILES string of the molecule is CCC(C)C(NC(=O)C(Cc1c[nH]c2ccccc12)NC(=O)C(CC(=O)O)NC(=O)C(N)CCCN=C(N)N)C(=O)NC(CCC(=O)O)C(=O)NCC(=O)NC(CCC(=O)O)C(=O)NC(C(=O)O)C(C)O. The topological polar surface area (TPSA) is 479 Å². The number of aromatic nitrogens is 1. The fourth-order valence-electron chi connectivity index (χ4n) is 6.78. The van der Waals surface area contributed by atoms with Crippen LogP contribution in [0.15, 0.2) is 35.5 Å². The summed E-state index contributed by atoms with van der Waals surface area (Å²) in [4.78, 5) is 148. The molecule has 9 unspecified atom stereocenters. The number of para-hydroxylation sites is 1. The third-order valence-electron chi connectivity index (χ3n) is 10.9. The molecule has 71 heavy (non-hydrogen) atoms. The van der Waals surface area contributed by atoms with E-state index in [-0.39, 0.29) is 38.2 Å². The van der Waals surface area contributed by atoms with Crippen molar-refractivity contribution >= 4 is 82.1 Å². The first-order chi connectivity index (χ1) is 33.3. The zero-order chi connectivity index (χ0) is 53.5. The van der Waals surface area contributed by atoms with E-state index in [1.54, 1.807) is 44.3 Å². The molecule has 28 nitrogen and oxygen atoms in total. The van der Waals surface area contributed by atoms with E-state index in [0.29, 0.717) is 16.5 Å². The number of guanidine groups is 1. The van der Waals surface area contributed by atoms with E-state index in [9.17, 15) is 73.2 Å². The number of aromatic amines is 1. The number of nitrogens with two attached hydrogens (primary N) is 3. The summed E-state index contributed by atoms with van der Waals surface area (Å²) in [7, 11) is 0. The predicted molar refractivity (Wildman–Crippen MR) is 249 cm³/mol. The van der Waals surface area contributed by atoms with Gasteiger partial charge in [0.1, 0.15) is 30.2 Å². The molecule has 0 aliphatic rings. The number of H-pyrrole nitrogens is 1. The minimum absolute atomic E-state index is 0.0453. The lowest BCUT2D eigenvalue weighted by molar-refractivity contribution is -0.145. The van der Waals surface area contributed by atoms with Crippen LogP contribution in [-0.4, -0.2) is 163 Å². The number of fused-ring (bicyclic) bond motifs is 1. The van der Waals surface area contributed by atoms with Gasteiger partial charge < -0.3 is 84.9 Å². The minimum Gasteiger partial charge on any atom is -0.481 e. The highest BCUT2D eigenvalue weighted by Gasteiger charge is 2.36. The molecule has 0 aliphatic carbocycles. The third-order valence-corrected chi connectivity index (χ3v) is 10.9. The lowest BCUT2D eigenvalue weighted by Crippen LogP contribution is -2.60. The first-order valence-electron chi connectivity index (χ1n) is 22.4. The Bertz CT molecular complexity index is 2270. The van der Waals surface area contributed by atoms with Gasteiger partial charge in [0.25, 0.3) is 0 Å². The Balaban J connectivity index is 2.40. The Kier molecular flexibility index (Phi) is 24.4. The Morgan fingerprint density at radius 3 is 1.77 bits per heavy atom. The average Bonchev–Trinajstić information content (AvgIpc) is 3.71. The number of hydrogen-bond acceptors (Lipinski definition) is 14. The Morgan fingerprint density at radius 2 is 1.21 bits per heavy atom. The molecule has 0 spiro atoms. The molecule has 0 fully saturated rings. The van der Waals surface area contributed by atoms with Crippen molar-refractivity contribution in [1.29, 1.82) is 0 Å². The smallest absolute Gasteiger partial charge is 0.328 e. The molecule has 0 bridgehead atoms. The van der Waals surface area contributed by atoms with Crippen molar-refractivity contribution in [2.45, 2.75) is 127 Å². The van der Waals surface area contributed by atoms with Gasteiger partial charge in [-0.15, -0.1) is 0 Å². The van der Waals surface area contributed by atoms with Crippen molar-refractivity contribution in [2.75, 3.05) is 13.1 Å². The molecule has 1 aromatic heterocycles. The van der Waals surface area contributed by atoms with Crippen molar-refractivity contribution in [1.82, 2.24) is 42.2 Å². The number of hydrogen-bond donors (Lipinski definition) is 16. The molecule has 2 aromatic rings. The Morgan fingerprint density at radius 1 is 0.662 bits per heavy atom. The van der Waals surface area contributed by atoms with E-state index in [4.69, 9.17) is 22.3 Å². The summed E-state index contributed by atoms with van der Waals surface area (Å²) in [6.45, 7) is 3.49. The second-order valence-electron chi connectivity index (χ2n) is 16.5. The lowest BCUT2D eigenvalue weighted by atomic mass is 9.96. The summed E-state index contributed by atoms with van der Waals surface area (Å²) in [5, 5.41) is 64.1. The molecule has 0 aliphatic heterocycles. The Labute approximate surface area is 406 Å². The Hall–Kier alpha value is -7.88. The number of aliphatic imine (C=N–C) groups is 1. The number of aliphatic carboxylic acids is 4. The van der Waals surface area contributed by atoms with Gasteiger partial charge in [-0.1, -0.05) is 38.5 Å². The summed E-state index contributed by atoms with van der Waals surface area (Å²) >= 11 is 0. The zero-order valence-corrected chi connectivity index (χ0v) is 39.3. The number of nitrogens with one attached hydrogen (secondary N) is 8. The van der Waals surface area contributed by atoms with Gasteiger partial charge >= 0.3 is 23.9 Å². The molecule has 1 heterocycles. The summed E-state index contributed by atoms with van der Waals surface area (Å²) in [5.74, 6) is -14.2. The molecule has 19 N–H and O–H groups in total. The van der Waals surface area contributed by atoms with Gasteiger partial charge in [-0.2, -0.15) is 0 Å². The summed E-state index contributed by atoms with van der Waals surface area (Å²) in [5.41, 5.74) is 17.8. The van der Waals surface area contributed by atoms with E-state index in [2.05, 4.69) is 41.9 Å².